The number of rotatable bonds is 3. The van der Waals surface area contributed by atoms with Gasteiger partial charge < -0.3 is 9.80 Å². The monoisotopic (exact) mass is 322 g/mol. The van der Waals surface area contributed by atoms with Crippen molar-refractivity contribution >= 4 is 11.6 Å². The summed E-state index contributed by atoms with van der Waals surface area (Å²) in [4.78, 5) is 17.0. The SMILES string of the molecule is Cc1cccc(N2CCN(C(=O)c3ccc(C(C)C)cc3)CC2)c1. The van der Waals surface area contributed by atoms with E-state index in [4.69, 9.17) is 0 Å². The van der Waals surface area contributed by atoms with Crippen LogP contribution in [0.1, 0.15) is 41.3 Å². The van der Waals surface area contributed by atoms with Crippen molar-refractivity contribution in [2.45, 2.75) is 26.7 Å². The van der Waals surface area contributed by atoms with Crippen LogP contribution in [-0.4, -0.2) is 37.0 Å². The fourth-order valence-corrected chi connectivity index (χ4v) is 3.19. The standard InChI is InChI=1S/C21H26N2O/c1-16(2)18-7-9-19(10-8-18)21(24)23-13-11-22(12-14-23)20-6-4-5-17(3)15-20/h4-10,15-16H,11-14H2,1-3H3. The normalized spacial score (nSPS) is 15.0. The van der Waals surface area contributed by atoms with Gasteiger partial charge in [0.15, 0.2) is 0 Å². The van der Waals surface area contributed by atoms with Gasteiger partial charge in [0.2, 0.25) is 0 Å². The molecule has 0 radical (unpaired) electrons. The minimum atomic E-state index is 0.147. The first-order valence-corrected chi connectivity index (χ1v) is 8.75. The van der Waals surface area contributed by atoms with Crippen LogP contribution in [0.2, 0.25) is 0 Å². The van der Waals surface area contributed by atoms with Gasteiger partial charge in [0, 0.05) is 37.4 Å². The minimum absolute atomic E-state index is 0.147. The molecule has 0 atom stereocenters. The number of hydrogen-bond donors (Lipinski definition) is 0. The number of hydrogen-bond acceptors (Lipinski definition) is 2. The van der Waals surface area contributed by atoms with Gasteiger partial charge in [-0.3, -0.25) is 4.79 Å². The average Bonchev–Trinajstić information content (AvgIpc) is 2.61. The van der Waals surface area contributed by atoms with Crippen LogP contribution in [0.3, 0.4) is 0 Å². The highest BCUT2D eigenvalue weighted by atomic mass is 16.2. The second-order valence-electron chi connectivity index (χ2n) is 6.89. The number of carbonyl (C=O) groups is 1. The number of aryl methyl sites for hydroxylation is 1. The van der Waals surface area contributed by atoms with Crippen molar-refractivity contribution in [3.63, 3.8) is 0 Å². The van der Waals surface area contributed by atoms with Crippen LogP contribution in [0.25, 0.3) is 0 Å². The predicted molar refractivity (Wildman–Crippen MR) is 99.8 cm³/mol. The van der Waals surface area contributed by atoms with Gasteiger partial charge in [0.1, 0.15) is 0 Å². The Bertz CT molecular complexity index is 698. The van der Waals surface area contributed by atoms with Gasteiger partial charge in [-0.2, -0.15) is 0 Å². The summed E-state index contributed by atoms with van der Waals surface area (Å²) in [6.07, 6.45) is 0. The van der Waals surface area contributed by atoms with E-state index in [0.717, 1.165) is 31.7 Å². The Morgan fingerprint density at radius 2 is 1.62 bits per heavy atom. The highest BCUT2D eigenvalue weighted by Crippen LogP contribution is 2.20. The summed E-state index contributed by atoms with van der Waals surface area (Å²) in [5.41, 5.74) is 4.60. The van der Waals surface area contributed by atoms with Crippen LogP contribution in [-0.2, 0) is 0 Å². The predicted octanol–water partition coefficient (Wildman–Crippen LogP) is 4.08. The molecule has 0 N–H and O–H groups in total. The summed E-state index contributed by atoms with van der Waals surface area (Å²) in [5, 5.41) is 0. The molecule has 2 aromatic carbocycles. The molecule has 0 aliphatic carbocycles. The molecule has 24 heavy (non-hydrogen) atoms. The van der Waals surface area contributed by atoms with E-state index in [1.165, 1.54) is 16.8 Å². The van der Waals surface area contributed by atoms with Crippen LogP contribution >= 0.6 is 0 Å². The van der Waals surface area contributed by atoms with Crippen molar-refractivity contribution in [2.24, 2.45) is 0 Å². The maximum absolute atomic E-state index is 12.7. The smallest absolute Gasteiger partial charge is 0.253 e. The van der Waals surface area contributed by atoms with E-state index < -0.39 is 0 Å². The van der Waals surface area contributed by atoms with Crippen molar-refractivity contribution in [3.8, 4) is 0 Å². The van der Waals surface area contributed by atoms with E-state index in [2.05, 4.69) is 62.1 Å². The summed E-state index contributed by atoms with van der Waals surface area (Å²) in [6.45, 7) is 9.78. The van der Waals surface area contributed by atoms with Gasteiger partial charge in [-0.25, -0.2) is 0 Å². The molecule has 1 aliphatic heterocycles. The molecule has 0 bridgehead atoms. The lowest BCUT2D eigenvalue weighted by Gasteiger charge is -2.36. The maximum atomic E-state index is 12.7. The number of benzene rings is 2. The van der Waals surface area contributed by atoms with Crippen LogP contribution in [0.5, 0.6) is 0 Å². The van der Waals surface area contributed by atoms with Crippen molar-refractivity contribution in [1.82, 2.24) is 4.90 Å². The fraction of sp³-hybridized carbons (Fsp3) is 0.381. The molecule has 1 heterocycles. The van der Waals surface area contributed by atoms with E-state index in [0.29, 0.717) is 5.92 Å². The molecule has 3 rings (SSSR count). The van der Waals surface area contributed by atoms with E-state index in [1.807, 2.05) is 17.0 Å². The summed E-state index contributed by atoms with van der Waals surface area (Å²) < 4.78 is 0. The molecule has 126 valence electrons. The number of carbonyl (C=O) groups excluding carboxylic acids is 1. The summed E-state index contributed by atoms with van der Waals surface area (Å²) in [5.74, 6) is 0.640. The summed E-state index contributed by atoms with van der Waals surface area (Å²) >= 11 is 0. The quantitative estimate of drug-likeness (QED) is 0.850. The number of piperazine rings is 1. The van der Waals surface area contributed by atoms with Gasteiger partial charge in [0.25, 0.3) is 5.91 Å². The molecule has 0 aromatic heterocycles. The molecule has 2 aromatic rings. The Hall–Kier alpha value is -2.29. The van der Waals surface area contributed by atoms with Crippen molar-refractivity contribution in [2.75, 3.05) is 31.1 Å². The lowest BCUT2D eigenvalue weighted by Crippen LogP contribution is -2.48. The lowest BCUT2D eigenvalue weighted by molar-refractivity contribution is 0.0747. The molecule has 0 unspecified atom stereocenters. The lowest BCUT2D eigenvalue weighted by atomic mass is 10.0. The van der Waals surface area contributed by atoms with Gasteiger partial charge >= 0.3 is 0 Å². The topological polar surface area (TPSA) is 23.6 Å². The first-order valence-electron chi connectivity index (χ1n) is 8.75. The van der Waals surface area contributed by atoms with Gasteiger partial charge in [-0.15, -0.1) is 0 Å². The Morgan fingerprint density at radius 3 is 2.21 bits per heavy atom. The molecular formula is C21H26N2O. The third-order valence-corrected chi connectivity index (χ3v) is 4.76. The van der Waals surface area contributed by atoms with Crippen molar-refractivity contribution in [3.05, 3.63) is 65.2 Å². The van der Waals surface area contributed by atoms with Crippen molar-refractivity contribution in [1.29, 1.82) is 0 Å². The number of amides is 1. The molecule has 3 nitrogen and oxygen atoms in total. The molecule has 1 fully saturated rings. The molecule has 0 spiro atoms. The molecule has 3 heteroatoms. The summed E-state index contributed by atoms with van der Waals surface area (Å²) in [7, 11) is 0. The highest BCUT2D eigenvalue weighted by Gasteiger charge is 2.22. The zero-order valence-electron chi connectivity index (χ0n) is 14.8. The molecule has 0 saturated carbocycles. The van der Waals surface area contributed by atoms with E-state index in [9.17, 15) is 4.79 Å². The third-order valence-electron chi connectivity index (χ3n) is 4.76. The molecule has 1 aliphatic rings. The van der Waals surface area contributed by atoms with Crippen LogP contribution in [0, 0.1) is 6.92 Å². The van der Waals surface area contributed by atoms with Crippen LogP contribution < -0.4 is 4.90 Å². The zero-order valence-corrected chi connectivity index (χ0v) is 14.8. The molecule has 1 saturated heterocycles. The Labute approximate surface area is 144 Å². The average molecular weight is 322 g/mol. The summed E-state index contributed by atoms with van der Waals surface area (Å²) in [6, 6.07) is 16.6. The van der Waals surface area contributed by atoms with E-state index in [1.54, 1.807) is 0 Å². The minimum Gasteiger partial charge on any atom is -0.368 e. The Morgan fingerprint density at radius 1 is 0.958 bits per heavy atom. The first-order chi connectivity index (χ1) is 11.5. The number of nitrogens with zero attached hydrogens (tertiary/aromatic N) is 2. The zero-order chi connectivity index (χ0) is 17.1. The fourth-order valence-electron chi connectivity index (χ4n) is 3.19. The van der Waals surface area contributed by atoms with Gasteiger partial charge in [0.05, 0.1) is 0 Å². The number of anilines is 1. The van der Waals surface area contributed by atoms with Crippen LogP contribution in [0.15, 0.2) is 48.5 Å². The maximum Gasteiger partial charge on any atom is 0.253 e. The Kier molecular flexibility index (Phi) is 4.89. The highest BCUT2D eigenvalue weighted by molar-refractivity contribution is 5.94. The van der Waals surface area contributed by atoms with Crippen molar-refractivity contribution < 1.29 is 4.79 Å². The molecular weight excluding hydrogens is 296 g/mol. The first kappa shape index (κ1) is 16.6. The van der Waals surface area contributed by atoms with Crippen LogP contribution in [0.4, 0.5) is 5.69 Å². The molecule has 1 amide bonds. The van der Waals surface area contributed by atoms with E-state index in [-0.39, 0.29) is 5.91 Å². The largest absolute Gasteiger partial charge is 0.368 e. The Balaban J connectivity index is 1.62. The second-order valence-corrected chi connectivity index (χ2v) is 6.89. The van der Waals surface area contributed by atoms with Gasteiger partial charge in [-0.05, 0) is 48.2 Å². The van der Waals surface area contributed by atoms with E-state index >= 15 is 0 Å². The van der Waals surface area contributed by atoms with Gasteiger partial charge in [-0.1, -0.05) is 38.1 Å². The third kappa shape index (κ3) is 3.61. The second kappa shape index (κ2) is 7.08.